The molecule has 0 spiro atoms. The quantitative estimate of drug-likeness (QED) is 0.847. The fourth-order valence-electron chi connectivity index (χ4n) is 2.54. The Morgan fingerprint density at radius 3 is 3.16 bits per heavy atom. The first kappa shape index (κ1) is 12.3. The van der Waals surface area contributed by atoms with E-state index in [9.17, 15) is 0 Å². The average molecular weight is 261 g/mol. The maximum atomic E-state index is 5.04. The van der Waals surface area contributed by atoms with Crippen LogP contribution in [0.15, 0.2) is 6.33 Å². The van der Waals surface area contributed by atoms with E-state index in [1.807, 2.05) is 0 Å². The number of fused-ring (bicyclic) bond motifs is 3. The Hall–Kier alpha value is -1.69. The van der Waals surface area contributed by atoms with Gasteiger partial charge in [-0.05, 0) is 12.8 Å². The highest BCUT2D eigenvalue weighted by Crippen LogP contribution is 2.23. The lowest BCUT2D eigenvalue weighted by molar-refractivity contribution is 0.210. The van der Waals surface area contributed by atoms with Gasteiger partial charge in [-0.2, -0.15) is 0 Å². The van der Waals surface area contributed by atoms with E-state index in [2.05, 4.69) is 19.9 Å². The van der Waals surface area contributed by atoms with Gasteiger partial charge in [0, 0.05) is 26.6 Å². The van der Waals surface area contributed by atoms with Gasteiger partial charge in [0.2, 0.25) is 0 Å². The van der Waals surface area contributed by atoms with E-state index in [1.165, 1.54) is 19.3 Å². The Morgan fingerprint density at radius 2 is 2.26 bits per heavy atom. The van der Waals surface area contributed by atoms with Gasteiger partial charge in [0.1, 0.15) is 12.2 Å². The number of anilines is 1. The van der Waals surface area contributed by atoms with E-state index in [4.69, 9.17) is 9.72 Å². The number of nitrogens with one attached hydrogen (secondary N) is 1. The topological polar surface area (TPSA) is 64.9 Å². The highest BCUT2D eigenvalue weighted by Gasteiger charge is 2.17. The van der Waals surface area contributed by atoms with E-state index in [1.54, 1.807) is 13.4 Å². The molecule has 6 nitrogen and oxygen atoms in total. The smallest absolute Gasteiger partial charge is 0.165 e. The summed E-state index contributed by atoms with van der Waals surface area (Å²) in [6, 6.07) is 0. The van der Waals surface area contributed by atoms with Gasteiger partial charge in [-0.15, -0.1) is 0 Å². The molecule has 0 aromatic carbocycles. The molecule has 0 fully saturated rings. The SMILES string of the molecule is COCCNc1ncnc2c1nc1n2CCCCC1. The van der Waals surface area contributed by atoms with Crippen molar-refractivity contribution in [2.75, 3.05) is 25.6 Å². The Balaban J connectivity index is 1.96. The molecule has 1 N–H and O–H groups in total. The van der Waals surface area contributed by atoms with Crippen LogP contribution in [0.5, 0.6) is 0 Å². The first-order chi connectivity index (χ1) is 9.40. The third kappa shape index (κ3) is 2.40. The predicted octanol–water partition coefficient (Wildman–Crippen LogP) is 1.61. The maximum Gasteiger partial charge on any atom is 0.165 e. The number of hydrogen-bond acceptors (Lipinski definition) is 5. The molecule has 3 heterocycles. The minimum Gasteiger partial charge on any atom is -0.383 e. The molecule has 2 aromatic heterocycles. The van der Waals surface area contributed by atoms with Crippen molar-refractivity contribution < 1.29 is 4.74 Å². The Morgan fingerprint density at radius 1 is 1.32 bits per heavy atom. The van der Waals surface area contributed by atoms with Crippen molar-refractivity contribution in [2.45, 2.75) is 32.2 Å². The van der Waals surface area contributed by atoms with Crippen LogP contribution >= 0.6 is 0 Å². The van der Waals surface area contributed by atoms with E-state index in [0.29, 0.717) is 6.61 Å². The van der Waals surface area contributed by atoms with Gasteiger partial charge in [-0.3, -0.25) is 0 Å². The van der Waals surface area contributed by atoms with Crippen molar-refractivity contribution in [3.8, 4) is 0 Å². The fourth-order valence-corrected chi connectivity index (χ4v) is 2.54. The summed E-state index contributed by atoms with van der Waals surface area (Å²) in [7, 11) is 1.69. The van der Waals surface area contributed by atoms with Crippen LogP contribution in [0, 0.1) is 0 Å². The van der Waals surface area contributed by atoms with Crippen LogP contribution in [-0.4, -0.2) is 39.8 Å². The van der Waals surface area contributed by atoms with Crippen molar-refractivity contribution in [3.63, 3.8) is 0 Å². The van der Waals surface area contributed by atoms with Crippen LogP contribution in [0.2, 0.25) is 0 Å². The number of nitrogens with zero attached hydrogens (tertiary/aromatic N) is 4. The lowest BCUT2D eigenvalue weighted by Crippen LogP contribution is -2.09. The van der Waals surface area contributed by atoms with E-state index < -0.39 is 0 Å². The second-order valence-corrected chi connectivity index (χ2v) is 4.80. The van der Waals surface area contributed by atoms with Gasteiger partial charge in [0.15, 0.2) is 17.0 Å². The first-order valence-electron chi connectivity index (χ1n) is 6.83. The van der Waals surface area contributed by atoms with Crippen molar-refractivity contribution in [1.29, 1.82) is 0 Å². The molecule has 3 rings (SSSR count). The lowest BCUT2D eigenvalue weighted by atomic mass is 10.2. The van der Waals surface area contributed by atoms with Crippen molar-refractivity contribution in [1.82, 2.24) is 19.5 Å². The molecule has 0 radical (unpaired) electrons. The molecule has 1 aliphatic heterocycles. The number of ether oxygens (including phenoxy) is 1. The molecule has 0 aliphatic carbocycles. The molecule has 0 amide bonds. The van der Waals surface area contributed by atoms with E-state index >= 15 is 0 Å². The summed E-state index contributed by atoms with van der Waals surface area (Å²) < 4.78 is 7.28. The second kappa shape index (κ2) is 5.52. The van der Waals surface area contributed by atoms with Gasteiger partial charge < -0.3 is 14.6 Å². The third-order valence-electron chi connectivity index (χ3n) is 3.49. The summed E-state index contributed by atoms with van der Waals surface area (Å²) in [6.07, 6.45) is 6.33. The monoisotopic (exact) mass is 261 g/mol. The average Bonchev–Trinajstić information content (AvgIpc) is 2.63. The summed E-state index contributed by atoms with van der Waals surface area (Å²) in [5, 5.41) is 3.26. The van der Waals surface area contributed by atoms with Crippen LogP contribution in [0.4, 0.5) is 5.82 Å². The summed E-state index contributed by atoms with van der Waals surface area (Å²) in [6.45, 7) is 2.39. The van der Waals surface area contributed by atoms with Gasteiger partial charge in [-0.25, -0.2) is 15.0 Å². The maximum absolute atomic E-state index is 5.04. The van der Waals surface area contributed by atoms with Crippen LogP contribution in [0.3, 0.4) is 0 Å². The van der Waals surface area contributed by atoms with Gasteiger partial charge >= 0.3 is 0 Å². The zero-order chi connectivity index (χ0) is 13.1. The highest BCUT2D eigenvalue weighted by molar-refractivity contribution is 5.83. The summed E-state index contributed by atoms with van der Waals surface area (Å²) in [4.78, 5) is 13.4. The van der Waals surface area contributed by atoms with Crippen LogP contribution in [0.1, 0.15) is 25.1 Å². The molecule has 0 atom stereocenters. The van der Waals surface area contributed by atoms with Crippen molar-refractivity contribution >= 4 is 17.0 Å². The molecular formula is C13H19N5O. The summed E-state index contributed by atoms with van der Waals surface area (Å²) in [5.41, 5.74) is 1.84. The molecule has 1 aliphatic rings. The van der Waals surface area contributed by atoms with Crippen molar-refractivity contribution in [2.24, 2.45) is 0 Å². The fraction of sp³-hybridized carbons (Fsp3) is 0.615. The highest BCUT2D eigenvalue weighted by atomic mass is 16.5. The second-order valence-electron chi connectivity index (χ2n) is 4.80. The van der Waals surface area contributed by atoms with Gasteiger partial charge in [0.05, 0.1) is 6.61 Å². The lowest BCUT2D eigenvalue weighted by Gasteiger charge is -2.05. The number of aryl methyl sites for hydroxylation is 2. The standard InChI is InChI=1S/C13H19N5O/c1-19-8-6-14-12-11-13(16-9-15-12)18-7-4-2-3-5-10(18)17-11/h9H,2-8H2,1H3,(H,14,15,16). The zero-order valence-corrected chi connectivity index (χ0v) is 11.2. The number of aromatic nitrogens is 4. The van der Waals surface area contributed by atoms with Crippen molar-refractivity contribution in [3.05, 3.63) is 12.2 Å². The molecule has 0 bridgehead atoms. The number of imidazole rings is 1. The Bertz CT molecular complexity index is 565. The number of hydrogen-bond donors (Lipinski definition) is 1. The van der Waals surface area contributed by atoms with Crippen LogP contribution < -0.4 is 5.32 Å². The largest absolute Gasteiger partial charge is 0.383 e. The number of rotatable bonds is 4. The Labute approximate surface area is 112 Å². The molecule has 0 saturated carbocycles. The molecular weight excluding hydrogens is 242 g/mol. The normalized spacial score (nSPS) is 15.2. The molecule has 0 unspecified atom stereocenters. The summed E-state index contributed by atoms with van der Waals surface area (Å²) >= 11 is 0. The first-order valence-corrected chi connectivity index (χ1v) is 6.83. The minimum absolute atomic E-state index is 0.652. The molecule has 102 valence electrons. The molecule has 2 aromatic rings. The van der Waals surface area contributed by atoms with E-state index in [0.717, 1.165) is 42.3 Å². The number of methoxy groups -OCH3 is 1. The Kier molecular flexibility index (Phi) is 3.59. The minimum atomic E-state index is 0.652. The van der Waals surface area contributed by atoms with Gasteiger partial charge in [0.25, 0.3) is 0 Å². The third-order valence-corrected chi connectivity index (χ3v) is 3.49. The molecule has 0 saturated heterocycles. The summed E-state index contributed by atoms with van der Waals surface area (Å²) in [5.74, 6) is 1.95. The van der Waals surface area contributed by atoms with Crippen LogP contribution in [0.25, 0.3) is 11.2 Å². The molecule has 6 heteroatoms. The molecule has 19 heavy (non-hydrogen) atoms. The van der Waals surface area contributed by atoms with Gasteiger partial charge in [-0.1, -0.05) is 6.42 Å². The predicted molar refractivity (Wildman–Crippen MR) is 73.2 cm³/mol. The van der Waals surface area contributed by atoms with E-state index in [-0.39, 0.29) is 0 Å². The van der Waals surface area contributed by atoms with Crippen LogP contribution in [-0.2, 0) is 17.7 Å². The zero-order valence-electron chi connectivity index (χ0n) is 11.2.